The fourth-order valence-electron chi connectivity index (χ4n) is 2.55. The van der Waals surface area contributed by atoms with Gasteiger partial charge in [0.1, 0.15) is 6.54 Å². The average molecular weight is 360 g/mol. The van der Waals surface area contributed by atoms with Crippen LogP contribution in [0.1, 0.15) is 5.56 Å². The second-order valence-corrected chi connectivity index (χ2v) is 5.85. The lowest BCUT2D eigenvalue weighted by Gasteiger charge is -2.15. The normalized spacial score (nSPS) is 11.5. The van der Waals surface area contributed by atoms with E-state index in [2.05, 4.69) is 5.32 Å². The van der Waals surface area contributed by atoms with Gasteiger partial charge in [-0.15, -0.1) is 0 Å². The van der Waals surface area contributed by atoms with E-state index in [-0.39, 0.29) is 18.1 Å². The molecule has 0 aliphatic carbocycles. The molecule has 0 saturated carbocycles. The molecule has 0 saturated heterocycles. The molecule has 2 N–H and O–H groups in total. The summed E-state index contributed by atoms with van der Waals surface area (Å²) in [5.74, 6) is 1.13. The van der Waals surface area contributed by atoms with Gasteiger partial charge in [-0.05, 0) is 30.3 Å². The Labute approximate surface area is 151 Å². The molecule has 0 spiro atoms. The number of rotatable bonds is 8. The van der Waals surface area contributed by atoms with Gasteiger partial charge in [-0.1, -0.05) is 0 Å². The Morgan fingerprint density at radius 2 is 1.77 bits per heavy atom. The number of methoxy groups -OCH3 is 2. The molecule has 1 atom stereocenters. The third kappa shape index (κ3) is 5.18. The minimum Gasteiger partial charge on any atom is -0.493 e. The molecule has 0 aliphatic rings. The van der Waals surface area contributed by atoms with Crippen LogP contribution in [-0.2, 0) is 11.3 Å². The molecule has 0 aliphatic heterocycles. The number of non-ortho nitro benzene ring substituents is 1. The minimum absolute atomic E-state index is 0.0146. The number of carbonyl (C=O) groups is 1. The van der Waals surface area contributed by atoms with Gasteiger partial charge < -0.3 is 19.7 Å². The van der Waals surface area contributed by atoms with E-state index in [1.807, 2.05) is 25.2 Å². The highest BCUT2D eigenvalue weighted by atomic mass is 16.6. The van der Waals surface area contributed by atoms with Crippen molar-refractivity contribution >= 4 is 17.3 Å². The van der Waals surface area contributed by atoms with Crippen LogP contribution in [0.3, 0.4) is 0 Å². The van der Waals surface area contributed by atoms with Crippen LogP contribution in [0.5, 0.6) is 11.5 Å². The van der Waals surface area contributed by atoms with E-state index in [0.29, 0.717) is 23.7 Å². The van der Waals surface area contributed by atoms with Crippen molar-refractivity contribution in [2.45, 2.75) is 6.54 Å². The second kappa shape index (κ2) is 8.82. The maximum atomic E-state index is 12.1. The van der Waals surface area contributed by atoms with Crippen molar-refractivity contribution in [2.24, 2.45) is 0 Å². The lowest BCUT2D eigenvalue weighted by molar-refractivity contribution is -0.885. The van der Waals surface area contributed by atoms with Crippen molar-refractivity contribution in [3.05, 3.63) is 58.1 Å². The van der Waals surface area contributed by atoms with Gasteiger partial charge in [-0.3, -0.25) is 14.9 Å². The number of carbonyl (C=O) groups excluding carboxylic acids is 1. The standard InChI is InChI=1S/C18H21N3O5/c1-20(11-13-4-9-16(25-2)17(10-13)26-3)12-18(22)19-14-5-7-15(8-6-14)21(23)24/h4-10H,11-12H2,1-3H3,(H,19,22)/p+1. The first-order valence-electron chi connectivity index (χ1n) is 7.99. The Hall–Kier alpha value is -3.13. The van der Waals surface area contributed by atoms with Crippen molar-refractivity contribution in [3.8, 4) is 11.5 Å². The summed E-state index contributed by atoms with van der Waals surface area (Å²) in [7, 11) is 5.07. The average Bonchev–Trinajstić information content (AvgIpc) is 2.61. The zero-order valence-electron chi connectivity index (χ0n) is 14.9. The number of hydrogen-bond acceptors (Lipinski definition) is 5. The highest BCUT2D eigenvalue weighted by Crippen LogP contribution is 2.27. The quantitative estimate of drug-likeness (QED) is 0.546. The summed E-state index contributed by atoms with van der Waals surface area (Å²) in [4.78, 5) is 23.3. The Morgan fingerprint density at radius 3 is 2.35 bits per heavy atom. The van der Waals surface area contributed by atoms with E-state index in [4.69, 9.17) is 9.47 Å². The van der Waals surface area contributed by atoms with E-state index < -0.39 is 4.92 Å². The van der Waals surface area contributed by atoms with Gasteiger partial charge in [0, 0.05) is 23.4 Å². The molecule has 1 unspecified atom stereocenters. The zero-order valence-corrected chi connectivity index (χ0v) is 14.9. The fourth-order valence-corrected chi connectivity index (χ4v) is 2.55. The molecule has 138 valence electrons. The van der Waals surface area contributed by atoms with Crippen molar-refractivity contribution in [2.75, 3.05) is 33.1 Å². The highest BCUT2D eigenvalue weighted by Gasteiger charge is 2.13. The summed E-state index contributed by atoms with van der Waals surface area (Å²) in [6.07, 6.45) is 0. The van der Waals surface area contributed by atoms with Gasteiger partial charge in [0.05, 0.1) is 26.2 Å². The molecule has 0 bridgehead atoms. The van der Waals surface area contributed by atoms with Gasteiger partial charge in [0.25, 0.3) is 11.6 Å². The Morgan fingerprint density at radius 1 is 1.12 bits per heavy atom. The number of benzene rings is 2. The molecule has 2 aromatic carbocycles. The van der Waals surface area contributed by atoms with Crippen molar-refractivity contribution < 1.29 is 24.1 Å². The molecule has 1 amide bonds. The molecule has 8 nitrogen and oxygen atoms in total. The van der Waals surface area contributed by atoms with E-state index in [1.165, 1.54) is 24.3 Å². The smallest absolute Gasteiger partial charge is 0.279 e. The van der Waals surface area contributed by atoms with E-state index in [9.17, 15) is 14.9 Å². The van der Waals surface area contributed by atoms with Crippen LogP contribution in [-0.4, -0.2) is 38.6 Å². The number of nitro benzene ring substituents is 1. The number of amides is 1. The maximum Gasteiger partial charge on any atom is 0.279 e. The first kappa shape index (κ1) is 19.2. The van der Waals surface area contributed by atoms with Crippen LogP contribution >= 0.6 is 0 Å². The highest BCUT2D eigenvalue weighted by molar-refractivity contribution is 5.91. The molecular weight excluding hydrogens is 338 g/mol. The summed E-state index contributed by atoms with van der Waals surface area (Å²) in [5.41, 5.74) is 1.53. The van der Waals surface area contributed by atoms with Crippen LogP contribution in [0.25, 0.3) is 0 Å². The maximum absolute atomic E-state index is 12.1. The molecule has 2 rings (SSSR count). The number of anilines is 1. The largest absolute Gasteiger partial charge is 0.493 e. The van der Waals surface area contributed by atoms with Crippen LogP contribution < -0.4 is 19.7 Å². The van der Waals surface area contributed by atoms with Crippen molar-refractivity contribution in [1.82, 2.24) is 0 Å². The SMILES string of the molecule is COc1ccc(C[NH+](C)CC(=O)Nc2ccc([N+](=O)[O-])cc2)cc1OC. The number of quaternary nitrogens is 1. The summed E-state index contributed by atoms with van der Waals surface area (Å²) >= 11 is 0. The van der Waals surface area contributed by atoms with Crippen LogP contribution in [0.2, 0.25) is 0 Å². The third-order valence-corrected chi connectivity index (χ3v) is 3.78. The van der Waals surface area contributed by atoms with Gasteiger partial charge in [0.15, 0.2) is 18.0 Å². The van der Waals surface area contributed by atoms with Crippen molar-refractivity contribution in [3.63, 3.8) is 0 Å². The molecule has 8 heteroatoms. The molecule has 0 aromatic heterocycles. The Bertz CT molecular complexity index is 777. The molecule has 2 aromatic rings. The minimum atomic E-state index is -0.480. The molecule has 0 heterocycles. The van der Waals surface area contributed by atoms with Crippen LogP contribution in [0, 0.1) is 10.1 Å². The number of nitrogens with one attached hydrogen (secondary N) is 2. The predicted octanol–water partition coefficient (Wildman–Crippen LogP) is 1.27. The molecular formula is C18H22N3O5+. The summed E-state index contributed by atoms with van der Waals surface area (Å²) in [6, 6.07) is 11.4. The molecule has 0 fully saturated rings. The van der Waals surface area contributed by atoms with Gasteiger partial charge in [0.2, 0.25) is 0 Å². The summed E-state index contributed by atoms with van der Waals surface area (Å²) in [6.45, 7) is 0.888. The molecule has 0 radical (unpaired) electrons. The topological polar surface area (TPSA) is 95.1 Å². The summed E-state index contributed by atoms with van der Waals surface area (Å²) in [5, 5.41) is 13.4. The number of ether oxygens (including phenoxy) is 2. The fraction of sp³-hybridized carbons (Fsp3) is 0.278. The monoisotopic (exact) mass is 360 g/mol. The second-order valence-electron chi connectivity index (χ2n) is 5.85. The lowest BCUT2D eigenvalue weighted by atomic mass is 10.2. The third-order valence-electron chi connectivity index (χ3n) is 3.78. The van der Waals surface area contributed by atoms with E-state index in [1.54, 1.807) is 14.2 Å². The molecule has 26 heavy (non-hydrogen) atoms. The predicted molar refractivity (Wildman–Crippen MR) is 96.7 cm³/mol. The lowest BCUT2D eigenvalue weighted by Crippen LogP contribution is -3.08. The van der Waals surface area contributed by atoms with Crippen LogP contribution in [0.4, 0.5) is 11.4 Å². The Kier molecular flexibility index (Phi) is 6.51. The first-order chi connectivity index (χ1) is 12.4. The number of nitro groups is 1. The summed E-state index contributed by atoms with van der Waals surface area (Å²) < 4.78 is 10.5. The van der Waals surface area contributed by atoms with E-state index >= 15 is 0 Å². The van der Waals surface area contributed by atoms with Gasteiger partial charge in [-0.2, -0.15) is 0 Å². The number of nitrogens with zero attached hydrogens (tertiary/aromatic N) is 1. The van der Waals surface area contributed by atoms with Gasteiger partial charge in [-0.25, -0.2) is 0 Å². The van der Waals surface area contributed by atoms with Gasteiger partial charge >= 0.3 is 0 Å². The number of hydrogen-bond donors (Lipinski definition) is 2. The number of likely N-dealkylation sites (N-methyl/N-ethyl adjacent to an activating group) is 1. The Balaban J connectivity index is 1.91. The zero-order chi connectivity index (χ0) is 19.1. The van der Waals surface area contributed by atoms with E-state index in [0.717, 1.165) is 10.5 Å². The first-order valence-corrected chi connectivity index (χ1v) is 7.99. The van der Waals surface area contributed by atoms with Crippen LogP contribution in [0.15, 0.2) is 42.5 Å². The van der Waals surface area contributed by atoms with Crippen molar-refractivity contribution in [1.29, 1.82) is 0 Å².